The van der Waals surface area contributed by atoms with Crippen molar-refractivity contribution in [3.05, 3.63) is 99.8 Å². The van der Waals surface area contributed by atoms with E-state index in [0.29, 0.717) is 23.2 Å². The first kappa shape index (κ1) is 28.4. The normalized spacial score (nSPS) is 10.4. The van der Waals surface area contributed by atoms with Crippen molar-refractivity contribution < 1.29 is 33.4 Å². The molecule has 2 heterocycles. The van der Waals surface area contributed by atoms with E-state index in [2.05, 4.69) is 20.1 Å². The Morgan fingerprint density at radius 3 is 2.31 bits per heavy atom. The molecule has 4 rings (SSSR count). The number of carbonyl (C=O) groups is 4. The van der Waals surface area contributed by atoms with E-state index >= 15 is 0 Å². The number of halogens is 1. The van der Waals surface area contributed by atoms with Crippen molar-refractivity contribution in [1.82, 2.24) is 19.9 Å². The molecule has 4 aromatic rings. The maximum Gasteiger partial charge on any atom is 0.354 e. The van der Waals surface area contributed by atoms with Gasteiger partial charge in [0.15, 0.2) is 11.3 Å². The number of rotatable bonds is 7. The van der Waals surface area contributed by atoms with Crippen LogP contribution < -0.4 is 16.8 Å². The molecule has 13 heteroatoms. The van der Waals surface area contributed by atoms with Crippen molar-refractivity contribution in [2.24, 2.45) is 11.5 Å². The predicted molar refractivity (Wildman–Crippen MR) is 136 cm³/mol. The van der Waals surface area contributed by atoms with Crippen LogP contribution in [0.15, 0.2) is 54.7 Å². The summed E-state index contributed by atoms with van der Waals surface area (Å²) in [5.74, 6) is -3.53. The number of carbonyl (C=O) groups excluding carboxylic acids is 3. The lowest BCUT2D eigenvalue weighted by Crippen LogP contribution is -2.25. The number of aryl methyl sites for hydroxylation is 1. The molecular weight excluding hydrogens is 511 g/mol. The van der Waals surface area contributed by atoms with Gasteiger partial charge >= 0.3 is 11.9 Å². The van der Waals surface area contributed by atoms with E-state index in [4.69, 9.17) is 11.5 Å². The number of fused-ring (bicyclic) bond motifs is 1. The smallest absolute Gasteiger partial charge is 0.354 e. The Bertz CT molecular complexity index is 1550. The van der Waals surface area contributed by atoms with Crippen LogP contribution in [0.2, 0.25) is 0 Å². The molecule has 0 spiro atoms. The van der Waals surface area contributed by atoms with Crippen LogP contribution in [-0.4, -0.2) is 50.6 Å². The van der Waals surface area contributed by atoms with Crippen molar-refractivity contribution in [3.8, 4) is 0 Å². The summed E-state index contributed by atoms with van der Waals surface area (Å²) in [6.07, 6.45) is 1.08. The molecule has 2 amide bonds. The number of benzene rings is 2. The number of ether oxygens (including phenoxy) is 1. The molecule has 0 bridgehead atoms. The predicted octanol–water partition coefficient (Wildman–Crippen LogP) is 1.84. The van der Waals surface area contributed by atoms with E-state index in [1.807, 2.05) is 0 Å². The topological polar surface area (TPSA) is 192 Å². The number of carboxylic acid groups (broad SMARTS) is 1. The van der Waals surface area contributed by atoms with E-state index in [1.54, 1.807) is 43.3 Å². The fraction of sp³-hybridized carbons (Fsp3) is 0.154. The first-order chi connectivity index (χ1) is 18.5. The average molecular weight is 537 g/mol. The molecule has 0 unspecified atom stereocenters. The number of hydrogen-bond donors (Lipinski definition) is 4. The Kier molecular flexibility index (Phi) is 9.02. The van der Waals surface area contributed by atoms with E-state index in [-0.39, 0.29) is 35.0 Å². The Labute approximate surface area is 221 Å². The minimum atomic E-state index is -1.36. The number of nitrogens with zero attached hydrogens (tertiary/aromatic N) is 3. The minimum absolute atomic E-state index is 0.0947. The number of nitrogens with two attached hydrogens (primary N) is 2. The van der Waals surface area contributed by atoms with Crippen LogP contribution in [-0.2, 0) is 17.8 Å². The van der Waals surface area contributed by atoms with Gasteiger partial charge in [-0.2, -0.15) is 5.10 Å². The Hall–Kier alpha value is -5.17. The summed E-state index contributed by atoms with van der Waals surface area (Å²) < 4.78 is 18.1. The number of aromatic carboxylic acids is 1. The number of aromatic nitrogens is 3. The number of carboxylic acids is 1. The van der Waals surface area contributed by atoms with Crippen molar-refractivity contribution in [2.45, 2.75) is 20.0 Å². The summed E-state index contributed by atoms with van der Waals surface area (Å²) in [4.78, 5) is 50.9. The highest BCUT2D eigenvalue weighted by molar-refractivity contribution is 6.01. The van der Waals surface area contributed by atoms with Crippen LogP contribution in [0.25, 0.3) is 5.65 Å². The van der Waals surface area contributed by atoms with Gasteiger partial charge in [0.1, 0.15) is 17.1 Å². The third kappa shape index (κ3) is 6.78. The van der Waals surface area contributed by atoms with Crippen LogP contribution >= 0.6 is 0 Å². The summed E-state index contributed by atoms with van der Waals surface area (Å²) in [6.45, 7) is 2.30. The maximum absolute atomic E-state index is 12.6. The van der Waals surface area contributed by atoms with Crippen molar-refractivity contribution >= 4 is 29.4 Å². The molecule has 0 aliphatic heterocycles. The van der Waals surface area contributed by atoms with E-state index in [9.17, 15) is 28.7 Å². The third-order valence-corrected chi connectivity index (χ3v) is 5.48. The molecule has 39 heavy (non-hydrogen) atoms. The average Bonchev–Trinajstić information content (AvgIpc) is 3.37. The van der Waals surface area contributed by atoms with Crippen molar-refractivity contribution in [1.29, 1.82) is 0 Å². The molecule has 0 fully saturated rings. The number of hydrogen-bond acceptors (Lipinski definition) is 8. The van der Waals surface area contributed by atoms with Gasteiger partial charge in [-0.15, -0.1) is 0 Å². The first-order valence-corrected chi connectivity index (χ1v) is 11.4. The standard InChI is InChI=1S/C18H15N5O6.C8H10FN/c1-29-18(28)10-4-2-9(3-5-10)7-20-16(25)12-6-13(17(26)27)23-15(22-12)11(8-21-23)14(19)24;1-6-4-7(5-10)2-3-8(6)9/h2-6,8H,7H2,1H3,(H2,19,24)(H,20,25)(H,26,27);2-4H,5,10H2,1H3. The van der Waals surface area contributed by atoms with Crippen LogP contribution in [0.3, 0.4) is 0 Å². The molecular formula is C26H25FN6O6. The second-order valence-corrected chi connectivity index (χ2v) is 8.15. The molecule has 0 radical (unpaired) electrons. The van der Waals surface area contributed by atoms with Crippen LogP contribution in [0, 0.1) is 12.7 Å². The Balaban J connectivity index is 0.000000353. The van der Waals surface area contributed by atoms with Crippen LogP contribution in [0.5, 0.6) is 0 Å². The zero-order chi connectivity index (χ0) is 28.7. The zero-order valence-electron chi connectivity index (χ0n) is 21.0. The zero-order valence-corrected chi connectivity index (χ0v) is 21.0. The Morgan fingerprint density at radius 1 is 1.08 bits per heavy atom. The third-order valence-electron chi connectivity index (χ3n) is 5.48. The number of esters is 1. The van der Waals surface area contributed by atoms with Crippen LogP contribution in [0.4, 0.5) is 4.39 Å². The largest absolute Gasteiger partial charge is 0.477 e. The molecule has 0 aliphatic rings. The van der Waals surface area contributed by atoms with Gasteiger partial charge in [0.2, 0.25) is 0 Å². The highest BCUT2D eigenvalue weighted by atomic mass is 19.1. The van der Waals surface area contributed by atoms with Gasteiger partial charge < -0.3 is 26.6 Å². The summed E-state index contributed by atoms with van der Waals surface area (Å²) in [7, 11) is 1.27. The van der Waals surface area contributed by atoms with Gasteiger partial charge in [-0.3, -0.25) is 9.59 Å². The van der Waals surface area contributed by atoms with Gasteiger partial charge in [0.25, 0.3) is 11.8 Å². The monoisotopic (exact) mass is 536 g/mol. The molecule has 12 nitrogen and oxygen atoms in total. The molecule has 2 aromatic heterocycles. The lowest BCUT2D eigenvalue weighted by atomic mass is 10.1. The van der Waals surface area contributed by atoms with Gasteiger partial charge in [-0.1, -0.05) is 24.3 Å². The van der Waals surface area contributed by atoms with Crippen LogP contribution in [0.1, 0.15) is 58.4 Å². The first-order valence-electron chi connectivity index (χ1n) is 11.4. The van der Waals surface area contributed by atoms with Gasteiger partial charge in [0, 0.05) is 19.2 Å². The number of nitrogens with one attached hydrogen (secondary N) is 1. The second kappa shape index (κ2) is 12.4. The highest BCUT2D eigenvalue weighted by Gasteiger charge is 2.21. The highest BCUT2D eigenvalue weighted by Crippen LogP contribution is 2.13. The minimum Gasteiger partial charge on any atom is -0.477 e. The lowest BCUT2D eigenvalue weighted by Gasteiger charge is -2.08. The molecule has 0 saturated heterocycles. The SMILES string of the molecule is COC(=O)c1ccc(CNC(=O)c2cc(C(=O)O)n3ncc(C(N)=O)c3n2)cc1.Cc1cc(CN)ccc1F. The van der Waals surface area contributed by atoms with Gasteiger partial charge in [0.05, 0.1) is 18.9 Å². The van der Waals surface area contributed by atoms with E-state index in [0.717, 1.165) is 22.3 Å². The van der Waals surface area contributed by atoms with Gasteiger partial charge in [-0.25, -0.2) is 23.5 Å². The molecule has 202 valence electrons. The second-order valence-electron chi connectivity index (χ2n) is 8.15. The van der Waals surface area contributed by atoms with Crippen molar-refractivity contribution in [3.63, 3.8) is 0 Å². The fourth-order valence-electron chi connectivity index (χ4n) is 3.39. The quantitative estimate of drug-likeness (QED) is 0.255. The summed E-state index contributed by atoms with van der Waals surface area (Å²) in [5, 5.41) is 15.7. The van der Waals surface area contributed by atoms with E-state index < -0.39 is 23.8 Å². The number of methoxy groups -OCH3 is 1. The number of amides is 2. The lowest BCUT2D eigenvalue weighted by molar-refractivity contribution is 0.0599. The molecule has 6 N–H and O–H groups in total. The molecule has 0 aliphatic carbocycles. The number of primary amides is 1. The van der Waals surface area contributed by atoms with Crippen molar-refractivity contribution in [2.75, 3.05) is 7.11 Å². The maximum atomic E-state index is 12.6. The summed E-state index contributed by atoms with van der Waals surface area (Å²) >= 11 is 0. The van der Waals surface area contributed by atoms with Gasteiger partial charge in [-0.05, 0) is 41.8 Å². The fourth-order valence-corrected chi connectivity index (χ4v) is 3.39. The molecule has 2 aromatic carbocycles. The van der Waals surface area contributed by atoms with E-state index in [1.165, 1.54) is 13.2 Å². The molecule has 0 saturated carbocycles. The summed E-state index contributed by atoms with van der Waals surface area (Å²) in [5.41, 5.74) is 12.4. The molecule has 0 atom stereocenters. The Morgan fingerprint density at radius 2 is 1.74 bits per heavy atom. The summed E-state index contributed by atoms with van der Waals surface area (Å²) in [6, 6.07) is 12.3.